The summed E-state index contributed by atoms with van der Waals surface area (Å²) in [5, 5.41) is 4.02. The van der Waals surface area contributed by atoms with Gasteiger partial charge in [0.25, 0.3) is 5.91 Å². The Kier molecular flexibility index (Phi) is 5.10. The maximum Gasteiger partial charge on any atom is 0.433 e. The standard InChI is InChI=1S/C20H18BrF3N4O/c1-12-7-5-6-10-27(12)19(29)17-16(21)18-25-14(13-8-3-2-4-9-13)11-15(20(22,23)24)28(18)26-17/h2-4,8-9,11-12H,5-7,10H2,1H3/t12-/m1/s1. The van der Waals surface area contributed by atoms with Crippen LogP contribution in [-0.4, -0.2) is 38.0 Å². The Balaban J connectivity index is 1.89. The Morgan fingerprint density at radius 2 is 1.93 bits per heavy atom. The Hall–Kier alpha value is -2.42. The summed E-state index contributed by atoms with van der Waals surface area (Å²) in [6.45, 7) is 2.50. The molecule has 0 radical (unpaired) electrons. The molecule has 0 N–H and O–H groups in total. The van der Waals surface area contributed by atoms with Crippen LogP contribution in [0.1, 0.15) is 42.4 Å². The van der Waals surface area contributed by atoms with Crippen molar-refractivity contribution < 1.29 is 18.0 Å². The molecular formula is C20H18BrF3N4O. The molecule has 4 rings (SSSR count). The number of alkyl halides is 3. The quantitative estimate of drug-likeness (QED) is 0.521. The number of benzene rings is 1. The van der Waals surface area contributed by atoms with E-state index < -0.39 is 11.9 Å². The van der Waals surface area contributed by atoms with Crippen LogP contribution in [0.15, 0.2) is 40.9 Å². The van der Waals surface area contributed by atoms with Gasteiger partial charge in [-0.2, -0.15) is 18.3 Å². The fourth-order valence-electron chi connectivity index (χ4n) is 3.62. The first-order chi connectivity index (χ1) is 13.8. The highest BCUT2D eigenvalue weighted by atomic mass is 79.9. The minimum Gasteiger partial charge on any atom is -0.335 e. The highest BCUT2D eigenvalue weighted by Gasteiger charge is 2.37. The number of nitrogens with zero attached hydrogens (tertiary/aromatic N) is 4. The Morgan fingerprint density at radius 1 is 1.21 bits per heavy atom. The van der Waals surface area contributed by atoms with Gasteiger partial charge in [-0.05, 0) is 48.2 Å². The van der Waals surface area contributed by atoms with E-state index in [0.29, 0.717) is 16.6 Å². The van der Waals surface area contributed by atoms with Crippen molar-refractivity contribution in [2.45, 2.75) is 38.4 Å². The molecule has 1 atom stereocenters. The molecule has 152 valence electrons. The van der Waals surface area contributed by atoms with Crippen molar-refractivity contribution in [2.75, 3.05) is 6.54 Å². The largest absolute Gasteiger partial charge is 0.433 e. The van der Waals surface area contributed by atoms with Crippen molar-refractivity contribution in [2.24, 2.45) is 0 Å². The number of carbonyl (C=O) groups excluding carboxylic acids is 1. The van der Waals surface area contributed by atoms with E-state index in [4.69, 9.17) is 0 Å². The number of amides is 1. The zero-order chi connectivity index (χ0) is 20.8. The van der Waals surface area contributed by atoms with E-state index in [-0.39, 0.29) is 33.5 Å². The monoisotopic (exact) mass is 466 g/mol. The lowest BCUT2D eigenvalue weighted by molar-refractivity contribution is -0.142. The van der Waals surface area contributed by atoms with Gasteiger partial charge >= 0.3 is 6.18 Å². The summed E-state index contributed by atoms with van der Waals surface area (Å²) in [5.41, 5.74) is -0.357. The number of piperidine rings is 1. The second kappa shape index (κ2) is 7.44. The van der Waals surface area contributed by atoms with Crippen molar-refractivity contribution in [1.29, 1.82) is 0 Å². The van der Waals surface area contributed by atoms with Gasteiger partial charge < -0.3 is 4.90 Å². The van der Waals surface area contributed by atoms with Gasteiger partial charge in [-0.3, -0.25) is 4.79 Å². The smallest absolute Gasteiger partial charge is 0.335 e. The van der Waals surface area contributed by atoms with E-state index in [1.165, 1.54) is 0 Å². The van der Waals surface area contributed by atoms with Crippen molar-refractivity contribution in [3.8, 4) is 11.3 Å². The summed E-state index contributed by atoms with van der Waals surface area (Å²) in [6, 6.07) is 9.58. The zero-order valence-corrected chi connectivity index (χ0v) is 17.2. The molecular weight excluding hydrogens is 449 g/mol. The predicted molar refractivity (Wildman–Crippen MR) is 105 cm³/mol. The molecule has 1 aromatic carbocycles. The van der Waals surface area contributed by atoms with E-state index >= 15 is 0 Å². The molecule has 0 spiro atoms. The number of hydrogen-bond donors (Lipinski definition) is 0. The first-order valence-electron chi connectivity index (χ1n) is 9.30. The molecule has 9 heteroatoms. The fraction of sp³-hybridized carbons (Fsp3) is 0.350. The summed E-state index contributed by atoms with van der Waals surface area (Å²) < 4.78 is 42.2. The van der Waals surface area contributed by atoms with Crippen LogP contribution < -0.4 is 0 Å². The summed E-state index contributed by atoms with van der Waals surface area (Å²) in [6.07, 6.45) is -1.90. The van der Waals surface area contributed by atoms with E-state index in [0.717, 1.165) is 25.3 Å². The third-order valence-corrected chi connectivity index (χ3v) is 5.89. The molecule has 1 amide bonds. The van der Waals surface area contributed by atoms with Crippen molar-refractivity contribution in [3.05, 3.63) is 52.3 Å². The molecule has 0 bridgehead atoms. The van der Waals surface area contributed by atoms with E-state index in [2.05, 4.69) is 26.0 Å². The topological polar surface area (TPSA) is 50.5 Å². The predicted octanol–water partition coefficient (Wildman–Crippen LogP) is 5.19. The normalized spacial score (nSPS) is 17.7. The van der Waals surface area contributed by atoms with Crippen LogP contribution in [0.25, 0.3) is 16.9 Å². The molecule has 3 aromatic rings. The third-order valence-electron chi connectivity index (χ3n) is 5.16. The Morgan fingerprint density at radius 3 is 2.59 bits per heavy atom. The van der Waals surface area contributed by atoms with E-state index in [1.807, 2.05) is 6.92 Å². The van der Waals surface area contributed by atoms with Gasteiger partial charge in [-0.1, -0.05) is 30.3 Å². The number of likely N-dealkylation sites (tertiary alicyclic amines) is 1. The molecule has 0 saturated carbocycles. The van der Waals surface area contributed by atoms with Crippen LogP contribution in [0.2, 0.25) is 0 Å². The summed E-state index contributed by atoms with van der Waals surface area (Å²) >= 11 is 3.29. The molecule has 2 aromatic heterocycles. The number of halogens is 4. The van der Waals surface area contributed by atoms with Crippen LogP contribution in [0, 0.1) is 0 Å². The van der Waals surface area contributed by atoms with Crippen molar-refractivity contribution in [1.82, 2.24) is 19.5 Å². The average molecular weight is 467 g/mol. The average Bonchev–Trinajstić information content (AvgIpc) is 3.03. The highest BCUT2D eigenvalue weighted by molar-refractivity contribution is 9.10. The lowest BCUT2D eigenvalue weighted by Gasteiger charge is -2.32. The van der Waals surface area contributed by atoms with E-state index in [1.54, 1.807) is 35.2 Å². The summed E-state index contributed by atoms with van der Waals surface area (Å²) in [4.78, 5) is 19.1. The van der Waals surface area contributed by atoms with Crippen molar-refractivity contribution >= 4 is 27.5 Å². The van der Waals surface area contributed by atoms with Gasteiger partial charge in [0.1, 0.15) is 0 Å². The van der Waals surface area contributed by atoms with Crippen LogP contribution in [-0.2, 0) is 6.18 Å². The number of fused-ring (bicyclic) bond motifs is 1. The maximum atomic E-state index is 13.8. The van der Waals surface area contributed by atoms with Crippen LogP contribution >= 0.6 is 15.9 Å². The lowest BCUT2D eigenvalue weighted by atomic mass is 10.0. The summed E-state index contributed by atoms with van der Waals surface area (Å²) in [5.74, 6) is -0.385. The van der Waals surface area contributed by atoms with Gasteiger partial charge in [0.2, 0.25) is 0 Å². The molecule has 1 aliphatic rings. The SMILES string of the molecule is C[C@@H]1CCCCN1C(=O)c1nn2c(C(F)(F)F)cc(-c3ccccc3)nc2c1Br. The van der Waals surface area contributed by atoms with Gasteiger partial charge in [-0.15, -0.1) is 0 Å². The third kappa shape index (κ3) is 3.63. The Bertz CT molecular complexity index is 1070. The maximum absolute atomic E-state index is 13.8. The molecule has 1 aliphatic heterocycles. The minimum absolute atomic E-state index is 0.0166. The number of aromatic nitrogens is 3. The van der Waals surface area contributed by atoms with E-state index in [9.17, 15) is 18.0 Å². The first kappa shape index (κ1) is 19.9. The molecule has 0 aliphatic carbocycles. The first-order valence-corrected chi connectivity index (χ1v) is 10.1. The molecule has 29 heavy (non-hydrogen) atoms. The number of rotatable bonds is 2. The molecule has 0 unspecified atom stereocenters. The highest BCUT2D eigenvalue weighted by Crippen LogP contribution is 2.35. The van der Waals surface area contributed by atoms with Crippen LogP contribution in [0.5, 0.6) is 0 Å². The summed E-state index contributed by atoms with van der Waals surface area (Å²) in [7, 11) is 0. The van der Waals surface area contributed by atoms with Crippen molar-refractivity contribution in [3.63, 3.8) is 0 Å². The minimum atomic E-state index is -4.66. The molecule has 1 saturated heterocycles. The van der Waals surface area contributed by atoms with Crippen LogP contribution in [0.4, 0.5) is 13.2 Å². The molecule has 1 fully saturated rings. The van der Waals surface area contributed by atoms with Gasteiger partial charge in [0.05, 0.1) is 10.2 Å². The number of hydrogen-bond acceptors (Lipinski definition) is 3. The van der Waals surface area contributed by atoms with Gasteiger partial charge in [0.15, 0.2) is 17.0 Å². The molecule has 5 nitrogen and oxygen atoms in total. The fourth-order valence-corrected chi connectivity index (χ4v) is 4.13. The Labute approximate surface area is 173 Å². The zero-order valence-electron chi connectivity index (χ0n) is 15.6. The van der Waals surface area contributed by atoms with Gasteiger partial charge in [0, 0.05) is 18.2 Å². The second-order valence-electron chi connectivity index (χ2n) is 7.13. The second-order valence-corrected chi connectivity index (χ2v) is 7.92. The van der Waals surface area contributed by atoms with Gasteiger partial charge in [-0.25, -0.2) is 9.50 Å². The number of carbonyl (C=O) groups is 1. The van der Waals surface area contributed by atoms with Crippen LogP contribution in [0.3, 0.4) is 0 Å². The molecule has 3 heterocycles. The lowest BCUT2D eigenvalue weighted by Crippen LogP contribution is -2.42.